The zero-order valence-electron chi connectivity index (χ0n) is 28.5. The van der Waals surface area contributed by atoms with E-state index in [1.165, 1.54) is 11.1 Å². The van der Waals surface area contributed by atoms with E-state index >= 15 is 0 Å². The van der Waals surface area contributed by atoms with E-state index in [9.17, 15) is 0 Å². The molecule has 0 N–H and O–H groups in total. The Labute approximate surface area is 281 Å². The summed E-state index contributed by atoms with van der Waals surface area (Å²) in [5.41, 5.74) is 5.60. The summed E-state index contributed by atoms with van der Waals surface area (Å²) in [4.78, 5) is 0. The van der Waals surface area contributed by atoms with Crippen LogP contribution in [-0.2, 0) is 21.4 Å². The second-order valence-corrected chi connectivity index (χ2v) is 13.6. The van der Waals surface area contributed by atoms with Crippen LogP contribution in [0, 0.1) is 5.92 Å². The Morgan fingerprint density at radius 3 is 1.88 bits per heavy atom. The first-order chi connectivity index (χ1) is 23.2. The van der Waals surface area contributed by atoms with Crippen molar-refractivity contribution >= 4 is 16.8 Å². The summed E-state index contributed by atoms with van der Waals surface area (Å²) in [5, 5.41) is 1.98. The molecule has 1 atom stereocenters. The lowest BCUT2D eigenvalue weighted by Crippen LogP contribution is -2.53. The second-order valence-electron chi connectivity index (χ2n) is 13.6. The van der Waals surface area contributed by atoms with E-state index < -0.39 is 11.2 Å². The van der Waals surface area contributed by atoms with Crippen LogP contribution in [-0.4, -0.2) is 28.1 Å². The summed E-state index contributed by atoms with van der Waals surface area (Å²) in [7, 11) is 5.21. The minimum atomic E-state index is -0.960. The van der Waals surface area contributed by atoms with E-state index in [1.807, 2.05) is 31.4 Å². The summed E-state index contributed by atoms with van der Waals surface area (Å²) in [6, 6.07) is 29.1. The first-order valence-electron chi connectivity index (χ1n) is 16.5. The molecule has 0 radical (unpaired) electrons. The van der Waals surface area contributed by atoms with Gasteiger partial charge in [0.1, 0.15) is 22.8 Å². The maximum atomic E-state index is 7.53. The number of methoxy groups -OCH3 is 3. The van der Waals surface area contributed by atoms with Gasteiger partial charge in [-0.25, -0.2) is 0 Å². The lowest BCUT2D eigenvalue weighted by atomic mass is 9.55. The highest BCUT2D eigenvalue weighted by atomic mass is 16.7. The molecule has 0 spiro atoms. The zero-order valence-corrected chi connectivity index (χ0v) is 28.5. The summed E-state index contributed by atoms with van der Waals surface area (Å²) in [6.45, 7) is 9.30. The first-order valence-corrected chi connectivity index (χ1v) is 16.5. The van der Waals surface area contributed by atoms with Crippen LogP contribution in [0.25, 0.3) is 28.0 Å². The third kappa shape index (κ3) is 3.96. The van der Waals surface area contributed by atoms with Gasteiger partial charge in [0, 0.05) is 40.2 Å². The van der Waals surface area contributed by atoms with Gasteiger partial charge in [-0.15, -0.1) is 0 Å². The number of hydrogen-bond donors (Lipinski definition) is 0. The molecule has 0 saturated carbocycles. The third-order valence-electron chi connectivity index (χ3n) is 10.9. The monoisotopic (exact) mass is 640 g/mol. The van der Waals surface area contributed by atoms with Crippen molar-refractivity contribution < 1.29 is 28.4 Å². The minimum absolute atomic E-state index is 0.114. The molecule has 0 aromatic heterocycles. The molecule has 244 valence electrons. The maximum absolute atomic E-state index is 7.53. The van der Waals surface area contributed by atoms with E-state index in [0.717, 1.165) is 61.6 Å². The van der Waals surface area contributed by atoms with Crippen molar-refractivity contribution in [3.05, 3.63) is 119 Å². The fourth-order valence-electron chi connectivity index (χ4n) is 8.71. The Morgan fingerprint density at radius 2 is 1.31 bits per heavy atom. The first kappa shape index (κ1) is 30.4. The standard InChI is InChI=1S/C42H40O6/c1-25(2)42(45-7)38-31-20-21-41(26-12-16-28(43-5)17-13-26,27-14-18-29(44-6)19-15-27)48-39(31)33-23-36-35(46-24-47-36)22-32(33)37(38)30-10-8-9-11-34(30)40(42,3)4/h8-23,25H,24H2,1-7H3. The van der Waals surface area contributed by atoms with Crippen molar-refractivity contribution in [2.75, 3.05) is 28.1 Å². The van der Waals surface area contributed by atoms with Crippen LogP contribution < -0.4 is 23.7 Å². The van der Waals surface area contributed by atoms with Gasteiger partial charge in [0.2, 0.25) is 6.79 Å². The molecule has 0 bridgehead atoms. The lowest BCUT2D eigenvalue weighted by molar-refractivity contribution is -0.108. The number of rotatable bonds is 6. The van der Waals surface area contributed by atoms with Crippen molar-refractivity contribution in [3.8, 4) is 39.9 Å². The molecule has 2 aliphatic heterocycles. The molecule has 0 fully saturated rings. The summed E-state index contributed by atoms with van der Waals surface area (Å²) >= 11 is 0. The average molecular weight is 641 g/mol. The van der Waals surface area contributed by atoms with Gasteiger partial charge in [-0.1, -0.05) is 82.3 Å². The topological polar surface area (TPSA) is 55.4 Å². The van der Waals surface area contributed by atoms with E-state index in [2.05, 4.69) is 101 Å². The molecule has 6 nitrogen and oxygen atoms in total. The van der Waals surface area contributed by atoms with Gasteiger partial charge < -0.3 is 28.4 Å². The van der Waals surface area contributed by atoms with Gasteiger partial charge in [0.15, 0.2) is 17.1 Å². The fraction of sp³-hybridized carbons (Fsp3) is 0.286. The summed E-state index contributed by atoms with van der Waals surface area (Å²) < 4.78 is 37.4. The smallest absolute Gasteiger partial charge is 0.231 e. The molecular weight excluding hydrogens is 600 g/mol. The second kappa shape index (κ2) is 10.8. The van der Waals surface area contributed by atoms with E-state index in [4.69, 9.17) is 28.4 Å². The zero-order chi connectivity index (χ0) is 33.4. The van der Waals surface area contributed by atoms with Crippen LogP contribution in [0.3, 0.4) is 0 Å². The van der Waals surface area contributed by atoms with Crippen molar-refractivity contribution in [2.45, 2.75) is 44.3 Å². The van der Waals surface area contributed by atoms with Crippen LogP contribution in [0.4, 0.5) is 0 Å². The van der Waals surface area contributed by atoms with Crippen LogP contribution in [0.5, 0.6) is 28.7 Å². The molecule has 5 aromatic rings. The quantitative estimate of drug-likeness (QED) is 0.184. The molecule has 6 heteroatoms. The molecule has 0 amide bonds. The molecule has 0 saturated heterocycles. The highest BCUT2D eigenvalue weighted by molar-refractivity contribution is 6.08. The largest absolute Gasteiger partial charge is 0.497 e. The van der Waals surface area contributed by atoms with Gasteiger partial charge >= 0.3 is 0 Å². The van der Waals surface area contributed by atoms with E-state index in [0.29, 0.717) is 5.75 Å². The molecule has 1 unspecified atom stereocenters. The number of benzene rings is 5. The Morgan fingerprint density at radius 1 is 0.729 bits per heavy atom. The number of ether oxygens (including phenoxy) is 6. The molecule has 5 aromatic carbocycles. The highest BCUT2D eigenvalue weighted by Gasteiger charge is 2.57. The molecule has 2 heterocycles. The Kier molecular flexibility index (Phi) is 6.83. The molecular formula is C42H40O6. The van der Waals surface area contributed by atoms with Crippen molar-refractivity contribution in [3.63, 3.8) is 0 Å². The predicted octanol–water partition coefficient (Wildman–Crippen LogP) is 9.39. The molecule has 8 rings (SSSR count). The third-order valence-corrected chi connectivity index (χ3v) is 10.9. The van der Waals surface area contributed by atoms with Gasteiger partial charge in [0.25, 0.3) is 0 Å². The van der Waals surface area contributed by atoms with E-state index in [1.54, 1.807) is 14.2 Å². The summed E-state index contributed by atoms with van der Waals surface area (Å²) in [6.07, 6.45) is 4.43. The fourth-order valence-corrected chi connectivity index (χ4v) is 8.71. The van der Waals surface area contributed by atoms with Crippen LogP contribution >= 0.6 is 0 Å². The number of hydrogen-bond acceptors (Lipinski definition) is 6. The Bertz CT molecular complexity index is 2040. The van der Waals surface area contributed by atoms with Crippen LogP contribution in [0.1, 0.15) is 55.5 Å². The van der Waals surface area contributed by atoms with Crippen molar-refractivity contribution in [2.24, 2.45) is 5.92 Å². The minimum Gasteiger partial charge on any atom is -0.497 e. The van der Waals surface area contributed by atoms with Gasteiger partial charge in [-0.05, 0) is 70.5 Å². The van der Waals surface area contributed by atoms with Gasteiger partial charge in [-0.2, -0.15) is 0 Å². The molecule has 3 aliphatic rings. The Balaban J connectivity index is 1.51. The van der Waals surface area contributed by atoms with Crippen molar-refractivity contribution in [1.29, 1.82) is 0 Å². The highest BCUT2D eigenvalue weighted by Crippen LogP contribution is 2.63. The lowest BCUT2D eigenvalue weighted by Gasteiger charge is -2.54. The van der Waals surface area contributed by atoms with E-state index in [-0.39, 0.29) is 18.1 Å². The predicted molar refractivity (Wildman–Crippen MR) is 188 cm³/mol. The average Bonchev–Trinajstić information content (AvgIpc) is 3.58. The Hall–Kier alpha value is -4.94. The van der Waals surface area contributed by atoms with Crippen LogP contribution in [0.15, 0.2) is 91.0 Å². The maximum Gasteiger partial charge on any atom is 0.231 e. The molecule has 48 heavy (non-hydrogen) atoms. The SMILES string of the molecule is COc1ccc(C2(c3ccc(OC)cc3)C=Cc3c4c(c5cc6c(cc5c3O2)OCO6)-c2ccccc2C(C)(C)C4(OC)C(C)C)cc1. The number of fused-ring (bicyclic) bond motifs is 9. The normalized spacial score (nSPS) is 19.3. The van der Waals surface area contributed by atoms with Gasteiger partial charge in [-0.3, -0.25) is 0 Å². The van der Waals surface area contributed by atoms with Crippen LogP contribution in [0.2, 0.25) is 0 Å². The molecule has 1 aliphatic carbocycles. The van der Waals surface area contributed by atoms with Gasteiger partial charge in [0.05, 0.1) is 14.2 Å². The summed E-state index contributed by atoms with van der Waals surface area (Å²) in [5.74, 6) is 3.87. The van der Waals surface area contributed by atoms with Crippen molar-refractivity contribution in [1.82, 2.24) is 0 Å².